The van der Waals surface area contributed by atoms with E-state index in [1.54, 1.807) is 0 Å². The predicted molar refractivity (Wildman–Crippen MR) is 71.5 cm³/mol. The molecule has 0 aliphatic carbocycles. The summed E-state index contributed by atoms with van der Waals surface area (Å²) in [5, 5.41) is 2.80. The first-order valence-electron chi connectivity index (χ1n) is 6.00. The molecule has 0 unspecified atom stereocenters. The molecule has 3 nitrogen and oxygen atoms in total. The summed E-state index contributed by atoms with van der Waals surface area (Å²) in [4.78, 5) is 13.6. The Hall–Kier alpha value is -1.77. The van der Waals surface area contributed by atoms with Crippen LogP contribution in [0.15, 0.2) is 30.9 Å². The van der Waals surface area contributed by atoms with Gasteiger partial charge in [0.25, 0.3) is 0 Å². The van der Waals surface area contributed by atoms with Crippen molar-refractivity contribution in [1.29, 1.82) is 0 Å². The van der Waals surface area contributed by atoms with Crippen LogP contribution in [0.25, 0.3) is 0 Å². The third kappa shape index (κ3) is 2.67. The molecule has 0 spiro atoms. The van der Waals surface area contributed by atoms with Crippen molar-refractivity contribution in [1.82, 2.24) is 0 Å². The first kappa shape index (κ1) is 11.7. The van der Waals surface area contributed by atoms with Crippen LogP contribution in [0, 0.1) is 6.92 Å². The van der Waals surface area contributed by atoms with E-state index in [2.05, 4.69) is 28.9 Å². The summed E-state index contributed by atoms with van der Waals surface area (Å²) in [5.74, 6) is -0.165. The largest absolute Gasteiger partial charge is 0.372 e. The summed E-state index contributed by atoms with van der Waals surface area (Å²) in [7, 11) is 0. The first-order valence-corrected chi connectivity index (χ1v) is 6.00. The lowest BCUT2D eigenvalue weighted by Gasteiger charge is -2.19. The van der Waals surface area contributed by atoms with Gasteiger partial charge in [-0.05, 0) is 49.6 Å². The van der Waals surface area contributed by atoms with Gasteiger partial charge in [0.2, 0.25) is 5.91 Å². The third-order valence-corrected chi connectivity index (χ3v) is 3.12. The molecule has 1 aromatic carbocycles. The molecule has 1 amide bonds. The standard InChI is InChI=1S/C14H18N2O/c1-3-14(17)15-13-7-6-12(10-11(13)2)16-8-4-5-9-16/h3,6-7,10H,1,4-5,8-9H2,2H3,(H,15,17). The molecule has 90 valence electrons. The van der Waals surface area contributed by atoms with E-state index in [0.29, 0.717) is 0 Å². The molecule has 1 saturated heterocycles. The van der Waals surface area contributed by atoms with E-state index >= 15 is 0 Å². The Morgan fingerprint density at radius 2 is 2.12 bits per heavy atom. The number of benzene rings is 1. The molecule has 1 N–H and O–H groups in total. The maximum atomic E-state index is 11.2. The highest BCUT2D eigenvalue weighted by atomic mass is 16.1. The molecule has 0 saturated carbocycles. The lowest BCUT2D eigenvalue weighted by molar-refractivity contribution is -0.111. The lowest BCUT2D eigenvalue weighted by Crippen LogP contribution is -2.18. The Kier molecular flexibility index (Phi) is 3.47. The number of rotatable bonds is 3. The van der Waals surface area contributed by atoms with E-state index in [4.69, 9.17) is 0 Å². The number of amides is 1. The molecule has 2 rings (SSSR count). The van der Waals surface area contributed by atoms with Gasteiger partial charge in [0.05, 0.1) is 0 Å². The molecule has 17 heavy (non-hydrogen) atoms. The molecule has 0 bridgehead atoms. The second-order valence-electron chi connectivity index (χ2n) is 4.39. The molecular weight excluding hydrogens is 212 g/mol. The molecule has 1 aliphatic rings. The quantitative estimate of drug-likeness (QED) is 0.810. The highest BCUT2D eigenvalue weighted by Crippen LogP contribution is 2.25. The summed E-state index contributed by atoms with van der Waals surface area (Å²) < 4.78 is 0. The Bertz CT molecular complexity index is 434. The van der Waals surface area contributed by atoms with Gasteiger partial charge in [0, 0.05) is 24.5 Å². The number of nitrogens with zero attached hydrogens (tertiary/aromatic N) is 1. The lowest BCUT2D eigenvalue weighted by atomic mass is 10.1. The Morgan fingerprint density at radius 3 is 2.71 bits per heavy atom. The van der Waals surface area contributed by atoms with Crippen molar-refractivity contribution < 1.29 is 4.79 Å². The number of hydrogen-bond acceptors (Lipinski definition) is 2. The van der Waals surface area contributed by atoms with E-state index in [1.807, 2.05) is 13.0 Å². The van der Waals surface area contributed by atoms with Crippen LogP contribution in [0.4, 0.5) is 11.4 Å². The summed E-state index contributed by atoms with van der Waals surface area (Å²) in [6.45, 7) is 7.73. The van der Waals surface area contributed by atoms with Gasteiger partial charge in [0.1, 0.15) is 0 Å². The van der Waals surface area contributed by atoms with Crippen molar-refractivity contribution in [2.75, 3.05) is 23.3 Å². The number of hydrogen-bond donors (Lipinski definition) is 1. The molecule has 1 fully saturated rings. The van der Waals surface area contributed by atoms with Gasteiger partial charge in [-0.1, -0.05) is 6.58 Å². The smallest absolute Gasteiger partial charge is 0.247 e. The molecule has 1 aliphatic heterocycles. The molecule has 0 atom stereocenters. The van der Waals surface area contributed by atoms with E-state index in [0.717, 1.165) is 24.3 Å². The second kappa shape index (κ2) is 5.04. The third-order valence-electron chi connectivity index (χ3n) is 3.12. The zero-order chi connectivity index (χ0) is 12.3. The van der Waals surface area contributed by atoms with Crippen molar-refractivity contribution in [3.63, 3.8) is 0 Å². The Balaban J connectivity index is 2.16. The minimum atomic E-state index is -0.165. The SMILES string of the molecule is C=CC(=O)Nc1ccc(N2CCCC2)cc1C. The van der Waals surface area contributed by atoms with Crippen LogP contribution in [0.1, 0.15) is 18.4 Å². The molecule has 3 heteroatoms. The molecule has 1 aromatic rings. The topological polar surface area (TPSA) is 32.3 Å². The monoisotopic (exact) mass is 230 g/mol. The minimum Gasteiger partial charge on any atom is -0.372 e. The zero-order valence-electron chi connectivity index (χ0n) is 10.2. The van der Waals surface area contributed by atoms with Crippen LogP contribution in [-0.4, -0.2) is 19.0 Å². The number of carbonyl (C=O) groups excluding carboxylic acids is 1. The van der Waals surface area contributed by atoms with Crippen molar-refractivity contribution >= 4 is 17.3 Å². The first-order chi connectivity index (χ1) is 8.20. The van der Waals surface area contributed by atoms with Crippen LogP contribution in [0.5, 0.6) is 0 Å². The minimum absolute atomic E-state index is 0.165. The van der Waals surface area contributed by atoms with E-state index in [1.165, 1.54) is 24.6 Å². The van der Waals surface area contributed by atoms with Gasteiger partial charge in [-0.3, -0.25) is 4.79 Å². The van der Waals surface area contributed by atoms with Crippen LogP contribution in [-0.2, 0) is 4.79 Å². The summed E-state index contributed by atoms with van der Waals surface area (Å²) in [6, 6.07) is 6.16. The average Bonchev–Trinajstić information content (AvgIpc) is 2.85. The fourth-order valence-electron chi connectivity index (χ4n) is 2.14. The number of nitrogens with one attached hydrogen (secondary N) is 1. The predicted octanol–water partition coefficient (Wildman–Crippen LogP) is 2.72. The van der Waals surface area contributed by atoms with E-state index < -0.39 is 0 Å². The molecule has 0 aromatic heterocycles. The summed E-state index contributed by atoms with van der Waals surface area (Å²) in [5.41, 5.74) is 3.19. The van der Waals surface area contributed by atoms with Gasteiger partial charge in [-0.15, -0.1) is 0 Å². The summed E-state index contributed by atoms with van der Waals surface area (Å²) >= 11 is 0. The maximum Gasteiger partial charge on any atom is 0.247 e. The van der Waals surface area contributed by atoms with Gasteiger partial charge in [0.15, 0.2) is 0 Å². The van der Waals surface area contributed by atoms with Gasteiger partial charge in [-0.25, -0.2) is 0 Å². The van der Waals surface area contributed by atoms with Gasteiger partial charge >= 0.3 is 0 Å². The van der Waals surface area contributed by atoms with Crippen LogP contribution >= 0.6 is 0 Å². The highest BCUT2D eigenvalue weighted by molar-refractivity contribution is 5.99. The second-order valence-corrected chi connectivity index (χ2v) is 4.39. The fourth-order valence-corrected chi connectivity index (χ4v) is 2.14. The fraction of sp³-hybridized carbons (Fsp3) is 0.357. The molecule has 0 radical (unpaired) electrons. The van der Waals surface area contributed by atoms with Crippen molar-refractivity contribution in [3.05, 3.63) is 36.4 Å². The van der Waals surface area contributed by atoms with Crippen molar-refractivity contribution in [2.45, 2.75) is 19.8 Å². The molecule has 1 heterocycles. The van der Waals surface area contributed by atoms with Crippen LogP contribution < -0.4 is 10.2 Å². The molecular formula is C14H18N2O. The van der Waals surface area contributed by atoms with E-state index in [-0.39, 0.29) is 5.91 Å². The normalized spacial score (nSPS) is 14.8. The van der Waals surface area contributed by atoms with Crippen LogP contribution in [0.2, 0.25) is 0 Å². The Morgan fingerprint density at radius 1 is 1.41 bits per heavy atom. The van der Waals surface area contributed by atoms with Crippen LogP contribution in [0.3, 0.4) is 0 Å². The number of carbonyl (C=O) groups is 1. The number of aryl methyl sites for hydroxylation is 1. The maximum absolute atomic E-state index is 11.2. The highest BCUT2D eigenvalue weighted by Gasteiger charge is 2.13. The van der Waals surface area contributed by atoms with Gasteiger partial charge < -0.3 is 10.2 Å². The van der Waals surface area contributed by atoms with E-state index in [9.17, 15) is 4.79 Å². The van der Waals surface area contributed by atoms with Crippen molar-refractivity contribution in [3.8, 4) is 0 Å². The van der Waals surface area contributed by atoms with Gasteiger partial charge in [-0.2, -0.15) is 0 Å². The summed E-state index contributed by atoms with van der Waals surface area (Å²) in [6.07, 6.45) is 3.83. The Labute approximate surface area is 102 Å². The zero-order valence-corrected chi connectivity index (χ0v) is 10.2. The average molecular weight is 230 g/mol. The van der Waals surface area contributed by atoms with Crippen molar-refractivity contribution in [2.24, 2.45) is 0 Å². The number of anilines is 2.